The Bertz CT molecular complexity index is 735. The van der Waals surface area contributed by atoms with Crippen molar-refractivity contribution in [2.24, 2.45) is 0 Å². The van der Waals surface area contributed by atoms with Gasteiger partial charge in [0, 0.05) is 12.4 Å². The van der Waals surface area contributed by atoms with Crippen molar-refractivity contribution in [2.75, 3.05) is 12.4 Å². The number of anilines is 1. The minimum absolute atomic E-state index is 0.289. The predicted molar refractivity (Wildman–Crippen MR) is 84.4 cm³/mol. The molecule has 0 fully saturated rings. The molecule has 0 aliphatic rings. The lowest BCUT2D eigenvalue weighted by molar-refractivity contribution is 0.478. The molecule has 0 unspecified atom stereocenters. The van der Waals surface area contributed by atoms with Crippen molar-refractivity contribution in [3.8, 4) is 5.75 Å². The maximum absolute atomic E-state index is 9.93. The summed E-state index contributed by atoms with van der Waals surface area (Å²) in [6.07, 6.45) is 0.898. The van der Waals surface area contributed by atoms with Gasteiger partial charge in [0.05, 0.1) is 5.69 Å². The highest BCUT2D eigenvalue weighted by Gasteiger charge is 2.06. The van der Waals surface area contributed by atoms with Crippen LogP contribution in [-0.2, 0) is 6.42 Å². The summed E-state index contributed by atoms with van der Waals surface area (Å²) in [5.41, 5.74) is 3.32. The van der Waals surface area contributed by atoms with Crippen LogP contribution in [0.1, 0.15) is 11.1 Å². The molecule has 20 heavy (non-hydrogen) atoms. The fourth-order valence-electron chi connectivity index (χ4n) is 2.56. The Morgan fingerprint density at radius 1 is 0.900 bits per heavy atom. The smallest absolute Gasteiger partial charge is 0.139 e. The number of rotatable bonds is 3. The fraction of sp³-hybridized carbons (Fsp3) is 0.111. The summed E-state index contributed by atoms with van der Waals surface area (Å²) in [7, 11) is 1.83. The number of phenols is 1. The molecule has 0 aliphatic heterocycles. The Labute approximate surface area is 118 Å². The zero-order valence-electron chi connectivity index (χ0n) is 11.4. The van der Waals surface area contributed by atoms with E-state index >= 15 is 0 Å². The van der Waals surface area contributed by atoms with Crippen LogP contribution in [0.4, 0.5) is 5.69 Å². The summed E-state index contributed by atoms with van der Waals surface area (Å²) in [5.74, 6) is 0.289. The van der Waals surface area contributed by atoms with E-state index in [9.17, 15) is 5.11 Å². The van der Waals surface area contributed by atoms with E-state index in [1.54, 1.807) is 6.07 Å². The van der Waals surface area contributed by atoms with Crippen LogP contribution >= 0.6 is 0 Å². The molecule has 3 rings (SSSR count). The second-order valence-electron chi connectivity index (χ2n) is 4.93. The summed E-state index contributed by atoms with van der Waals surface area (Å²) in [6.45, 7) is 0. The minimum atomic E-state index is 0.289. The molecule has 2 N–H and O–H groups in total. The molecule has 0 saturated carbocycles. The molecule has 3 aromatic rings. The summed E-state index contributed by atoms with van der Waals surface area (Å²) in [6, 6.07) is 20.5. The number of benzene rings is 3. The van der Waals surface area contributed by atoms with E-state index in [0.717, 1.165) is 22.9 Å². The van der Waals surface area contributed by atoms with Crippen LogP contribution in [-0.4, -0.2) is 12.2 Å². The Morgan fingerprint density at radius 2 is 1.65 bits per heavy atom. The quantitative estimate of drug-likeness (QED) is 0.695. The average molecular weight is 263 g/mol. The molecular formula is C18H17NO. The summed E-state index contributed by atoms with van der Waals surface area (Å²) in [5, 5.41) is 15.2. The van der Waals surface area contributed by atoms with Crippen molar-refractivity contribution >= 4 is 16.5 Å². The van der Waals surface area contributed by atoms with Gasteiger partial charge in [0.25, 0.3) is 0 Å². The normalized spacial score (nSPS) is 10.7. The molecule has 0 radical (unpaired) electrons. The van der Waals surface area contributed by atoms with Gasteiger partial charge in [-0.25, -0.2) is 0 Å². The van der Waals surface area contributed by atoms with Crippen LogP contribution in [0.3, 0.4) is 0 Å². The van der Waals surface area contributed by atoms with Gasteiger partial charge in [0.2, 0.25) is 0 Å². The molecular weight excluding hydrogens is 246 g/mol. The van der Waals surface area contributed by atoms with Crippen LogP contribution in [0, 0.1) is 0 Å². The lowest BCUT2D eigenvalue weighted by Gasteiger charge is -2.10. The number of nitrogens with one attached hydrogen (secondary N) is 1. The second-order valence-corrected chi connectivity index (χ2v) is 4.93. The van der Waals surface area contributed by atoms with Gasteiger partial charge in [-0.05, 0) is 35.1 Å². The summed E-state index contributed by atoms with van der Waals surface area (Å²) < 4.78 is 0. The molecule has 100 valence electrons. The predicted octanol–water partition coefficient (Wildman–Crippen LogP) is 4.18. The SMILES string of the molecule is CNc1c(O)ccc2ccc(Cc3ccccc3)cc12. The maximum Gasteiger partial charge on any atom is 0.139 e. The first-order valence-corrected chi connectivity index (χ1v) is 6.74. The second kappa shape index (κ2) is 5.25. The molecule has 0 heterocycles. The van der Waals surface area contributed by atoms with Crippen LogP contribution in [0.25, 0.3) is 10.8 Å². The van der Waals surface area contributed by atoms with Crippen LogP contribution in [0.5, 0.6) is 5.75 Å². The minimum Gasteiger partial charge on any atom is -0.506 e. The lowest BCUT2D eigenvalue weighted by atomic mass is 10.00. The van der Waals surface area contributed by atoms with Gasteiger partial charge in [-0.3, -0.25) is 0 Å². The van der Waals surface area contributed by atoms with E-state index in [4.69, 9.17) is 0 Å². The molecule has 0 atom stereocenters. The standard InChI is InChI=1S/C18H17NO/c1-19-18-16-12-14(11-13-5-3-2-4-6-13)7-8-15(16)9-10-17(18)20/h2-10,12,19-20H,11H2,1H3. The molecule has 0 saturated heterocycles. The monoisotopic (exact) mass is 263 g/mol. The number of fused-ring (bicyclic) bond motifs is 1. The van der Waals surface area contributed by atoms with Crippen molar-refractivity contribution < 1.29 is 5.11 Å². The van der Waals surface area contributed by atoms with E-state index in [1.165, 1.54) is 11.1 Å². The van der Waals surface area contributed by atoms with Crippen molar-refractivity contribution in [3.05, 3.63) is 71.8 Å². The van der Waals surface area contributed by atoms with Gasteiger partial charge in [0.1, 0.15) is 5.75 Å². The number of hydrogen-bond acceptors (Lipinski definition) is 2. The molecule has 0 bridgehead atoms. The van der Waals surface area contributed by atoms with E-state index in [-0.39, 0.29) is 5.75 Å². The third kappa shape index (κ3) is 2.32. The third-order valence-corrected chi connectivity index (χ3v) is 3.57. The highest BCUT2D eigenvalue weighted by Crippen LogP contribution is 2.32. The molecule has 0 amide bonds. The molecule has 0 aliphatic carbocycles. The first-order chi connectivity index (χ1) is 9.78. The molecule has 2 heteroatoms. The maximum atomic E-state index is 9.93. The van der Waals surface area contributed by atoms with E-state index < -0.39 is 0 Å². The van der Waals surface area contributed by atoms with Gasteiger partial charge in [-0.2, -0.15) is 0 Å². The molecule has 0 spiro atoms. The Morgan fingerprint density at radius 3 is 2.40 bits per heavy atom. The number of hydrogen-bond donors (Lipinski definition) is 2. The van der Waals surface area contributed by atoms with E-state index in [1.807, 2.05) is 19.2 Å². The molecule has 2 nitrogen and oxygen atoms in total. The first kappa shape index (κ1) is 12.5. The third-order valence-electron chi connectivity index (χ3n) is 3.57. The zero-order valence-corrected chi connectivity index (χ0v) is 11.4. The summed E-state index contributed by atoms with van der Waals surface area (Å²) >= 11 is 0. The summed E-state index contributed by atoms with van der Waals surface area (Å²) in [4.78, 5) is 0. The van der Waals surface area contributed by atoms with Gasteiger partial charge >= 0.3 is 0 Å². The Hall–Kier alpha value is -2.48. The highest BCUT2D eigenvalue weighted by atomic mass is 16.3. The Kier molecular flexibility index (Phi) is 3.30. The van der Waals surface area contributed by atoms with Crippen molar-refractivity contribution in [2.45, 2.75) is 6.42 Å². The number of phenolic OH excluding ortho intramolecular Hbond substituents is 1. The van der Waals surface area contributed by atoms with Gasteiger partial charge < -0.3 is 10.4 Å². The van der Waals surface area contributed by atoms with Gasteiger partial charge in [-0.1, -0.05) is 48.5 Å². The van der Waals surface area contributed by atoms with Crippen molar-refractivity contribution in [3.63, 3.8) is 0 Å². The Balaban J connectivity index is 2.05. The number of aromatic hydroxyl groups is 1. The van der Waals surface area contributed by atoms with Crippen LogP contribution < -0.4 is 5.32 Å². The zero-order chi connectivity index (χ0) is 13.9. The van der Waals surface area contributed by atoms with Crippen molar-refractivity contribution in [1.82, 2.24) is 0 Å². The van der Waals surface area contributed by atoms with Gasteiger partial charge in [0.15, 0.2) is 0 Å². The van der Waals surface area contributed by atoms with E-state index in [2.05, 4.69) is 47.8 Å². The van der Waals surface area contributed by atoms with Crippen molar-refractivity contribution in [1.29, 1.82) is 0 Å². The fourth-order valence-corrected chi connectivity index (χ4v) is 2.56. The van der Waals surface area contributed by atoms with E-state index in [0.29, 0.717) is 0 Å². The van der Waals surface area contributed by atoms with Crippen LogP contribution in [0.2, 0.25) is 0 Å². The van der Waals surface area contributed by atoms with Crippen LogP contribution in [0.15, 0.2) is 60.7 Å². The average Bonchev–Trinajstić information content (AvgIpc) is 2.48. The van der Waals surface area contributed by atoms with Gasteiger partial charge in [-0.15, -0.1) is 0 Å². The molecule has 0 aromatic heterocycles. The largest absolute Gasteiger partial charge is 0.506 e. The lowest BCUT2D eigenvalue weighted by Crippen LogP contribution is -1.92. The topological polar surface area (TPSA) is 32.3 Å². The highest BCUT2D eigenvalue weighted by molar-refractivity contribution is 5.97. The molecule has 3 aromatic carbocycles. The first-order valence-electron chi connectivity index (χ1n) is 6.74.